The maximum Gasteiger partial charge on any atom is 0.119 e. The first-order valence-corrected chi connectivity index (χ1v) is 7.09. The van der Waals surface area contributed by atoms with Gasteiger partial charge in [0.05, 0.1) is 7.11 Å². The van der Waals surface area contributed by atoms with Crippen molar-refractivity contribution in [3.05, 3.63) is 60.6 Å². The van der Waals surface area contributed by atoms with Crippen molar-refractivity contribution in [2.75, 3.05) is 13.7 Å². The number of fused-ring (bicyclic) bond motifs is 1. The number of nitrogens with one attached hydrogen (secondary N) is 1. The van der Waals surface area contributed by atoms with E-state index in [2.05, 4.69) is 45.3 Å². The van der Waals surface area contributed by atoms with Gasteiger partial charge in [-0.2, -0.15) is 0 Å². The monoisotopic (exact) mass is 281 g/mol. The lowest BCUT2D eigenvalue weighted by atomic mass is 10.2. The van der Waals surface area contributed by atoms with Crippen LogP contribution in [0.2, 0.25) is 0 Å². The van der Waals surface area contributed by atoms with Gasteiger partial charge in [-0.15, -0.1) is 0 Å². The van der Waals surface area contributed by atoms with Crippen molar-refractivity contribution in [1.29, 1.82) is 0 Å². The average molecular weight is 281 g/mol. The van der Waals surface area contributed by atoms with Crippen LogP contribution in [0.4, 0.5) is 0 Å². The molecular formula is C17H19N3O. The second kappa shape index (κ2) is 6.41. The number of hydrogen-bond donors (Lipinski definition) is 1. The van der Waals surface area contributed by atoms with Crippen molar-refractivity contribution in [3.63, 3.8) is 0 Å². The van der Waals surface area contributed by atoms with E-state index < -0.39 is 0 Å². The Morgan fingerprint density at radius 3 is 3.00 bits per heavy atom. The molecule has 1 aromatic carbocycles. The Bertz CT molecular complexity index is 706. The Morgan fingerprint density at radius 1 is 1.24 bits per heavy atom. The van der Waals surface area contributed by atoms with E-state index in [1.807, 2.05) is 18.3 Å². The third-order valence-electron chi connectivity index (χ3n) is 3.56. The number of hydrogen-bond acceptors (Lipinski definition) is 3. The van der Waals surface area contributed by atoms with Crippen LogP contribution in [0.1, 0.15) is 5.56 Å². The van der Waals surface area contributed by atoms with E-state index in [4.69, 9.17) is 4.74 Å². The first-order valence-electron chi connectivity index (χ1n) is 7.09. The fraction of sp³-hybridized carbons (Fsp3) is 0.235. The molecular weight excluding hydrogens is 262 g/mol. The highest BCUT2D eigenvalue weighted by molar-refractivity contribution is 5.81. The second-order valence-corrected chi connectivity index (χ2v) is 4.97. The predicted molar refractivity (Wildman–Crippen MR) is 84.4 cm³/mol. The second-order valence-electron chi connectivity index (χ2n) is 4.97. The molecule has 0 fully saturated rings. The zero-order chi connectivity index (χ0) is 14.5. The molecule has 21 heavy (non-hydrogen) atoms. The van der Waals surface area contributed by atoms with Gasteiger partial charge in [0.25, 0.3) is 0 Å². The van der Waals surface area contributed by atoms with Crippen molar-refractivity contribution in [1.82, 2.24) is 14.9 Å². The molecule has 0 spiro atoms. The lowest BCUT2D eigenvalue weighted by Crippen LogP contribution is -2.19. The van der Waals surface area contributed by atoms with Crippen LogP contribution < -0.4 is 10.1 Å². The van der Waals surface area contributed by atoms with Crippen LogP contribution in [-0.4, -0.2) is 23.2 Å². The summed E-state index contributed by atoms with van der Waals surface area (Å²) in [5.41, 5.74) is 2.44. The summed E-state index contributed by atoms with van der Waals surface area (Å²) in [5, 5.41) is 4.65. The number of methoxy groups -OCH3 is 1. The number of ether oxygens (including phenoxy) is 1. The number of aromatic nitrogens is 2. The van der Waals surface area contributed by atoms with Crippen LogP contribution in [0, 0.1) is 0 Å². The molecule has 0 radical (unpaired) electrons. The molecule has 1 N–H and O–H groups in total. The maximum atomic E-state index is 5.25. The summed E-state index contributed by atoms with van der Waals surface area (Å²) >= 11 is 0. The van der Waals surface area contributed by atoms with Crippen molar-refractivity contribution < 1.29 is 4.74 Å². The molecule has 0 aliphatic carbocycles. The zero-order valence-corrected chi connectivity index (χ0v) is 12.1. The lowest BCUT2D eigenvalue weighted by molar-refractivity contribution is 0.415. The highest BCUT2D eigenvalue weighted by Crippen LogP contribution is 2.21. The summed E-state index contributed by atoms with van der Waals surface area (Å²) < 4.78 is 7.51. The minimum Gasteiger partial charge on any atom is -0.497 e. The summed E-state index contributed by atoms with van der Waals surface area (Å²) in [6.45, 7) is 2.71. The van der Waals surface area contributed by atoms with Gasteiger partial charge in [0.1, 0.15) is 5.75 Å². The van der Waals surface area contributed by atoms with Gasteiger partial charge in [-0.3, -0.25) is 4.98 Å². The molecule has 4 nitrogen and oxygen atoms in total. The smallest absolute Gasteiger partial charge is 0.119 e. The molecule has 4 heteroatoms. The van der Waals surface area contributed by atoms with Gasteiger partial charge in [-0.25, -0.2) is 0 Å². The van der Waals surface area contributed by atoms with Crippen LogP contribution in [-0.2, 0) is 13.1 Å². The van der Waals surface area contributed by atoms with E-state index in [-0.39, 0.29) is 0 Å². The molecule has 3 rings (SSSR count). The molecule has 2 aromatic heterocycles. The van der Waals surface area contributed by atoms with E-state index in [9.17, 15) is 0 Å². The normalized spacial score (nSPS) is 10.9. The molecule has 0 unspecified atom stereocenters. The molecule has 108 valence electrons. The van der Waals surface area contributed by atoms with Gasteiger partial charge in [-0.05, 0) is 35.9 Å². The summed E-state index contributed by atoms with van der Waals surface area (Å²) in [7, 11) is 1.69. The highest BCUT2D eigenvalue weighted by atomic mass is 16.5. The molecule has 0 amide bonds. The maximum absolute atomic E-state index is 5.25. The van der Waals surface area contributed by atoms with Crippen molar-refractivity contribution in [2.24, 2.45) is 0 Å². The van der Waals surface area contributed by atoms with E-state index in [0.717, 1.165) is 25.4 Å². The van der Waals surface area contributed by atoms with Gasteiger partial charge in [0, 0.05) is 49.1 Å². The van der Waals surface area contributed by atoms with E-state index in [0.29, 0.717) is 0 Å². The number of nitrogens with zero attached hydrogens (tertiary/aromatic N) is 2. The summed E-state index contributed by atoms with van der Waals surface area (Å²) in [6, 6.07) is 12.3. The quantitative estimate of drug-likeness (QED) is 0.706. The third kappa shape index (κ3) is 3.23. The predicted octanol–water partition coefficient (Wildman–Crippen LogP) is 2.83. The van der Waals surface area contributed by atoms with Crippen LogP contribution in [0.5, 0.6) is 5.75 Å². The molecule has 0 bridgehead atoms. The minimum atomic E-state index is 0.848. The molecule has 3 aromatic rings. The van der Waals surface area contributed by atoms with Gasteiger partial charge in [-0.1, -0.05) is 6.07 Å². The number of benzene rings is 1. The van der Waals surface area contributed by atoms with Gasteiger partial charge in [0.15, 0.2) is 0 Å². The van der Waals surface area contributed by atoms with E-state index >= 15 is 0 Å². The Morgan fingerprint density at radius 2 is 2.19 bits per heavy atom. The van der Waals surface area contributed by atoms with E-state index in [1.54, 1.807) is 13.3 Å². The zero-order valence-electron chi connectivity index (χ0n) is 12.1. The number of rotatable bonds is 6. The molecule has 0 saturated carbocycles. The minimum absolute atomic E-state index is 0.848. The van der Waals surface area contributed by atoms with Crippen LogP contribution in [0.15, 0.2) is 55.0 Å². The third-order valence-corrected chi connectivity index (χ3v) is 3.56. The van der Waals surface area contributed by atoms with Gasteiger partial charge < -0.3 is 14.6 Å². The molecule has 0 atom stereocenters. The summed E-state index contributed by atoms with van der Waals surface area (Å²) in [6.07, 6.45) is 5.81. The largest absolute Gasteiger partial charge is 0.497 e. The fourth-order valence-corrected chi connectivity index (χ4v) is 2.44. The van der Waals surface area contributed by atoms with Crippen LogP contribution >= 0.6 is 0 Å². The Hall–Kier alpha value is -2.33. The molecule has 0 saturated heterocycles. The fourth-order valence-electron chi connectivity index (χ4n) is 2.44. The van der Waals surface area contributed by atoms with Crippen molar-refractivity contribution >= 4 is 10.9 Å². The first kappa shape index (κ1) is 13.6. The van der Waals surface area contributed by atoms with Gasteiger partial charge in [0.2, 0.25) is 0 Å². The molecule has 2 heterocycles. The highest BCUT2D eigenvalue weighted by Gasteiger charge is 2.02. The Labute approximate surface area is 124 Å². The lowest BCUT2D eigenvalue weighted by Gasteiger charge is -2.08. The SMILES string of the molecule is COc1ccc2c(ccn2CCNCc2cccnc2)c1. The van der Waals surface area contributed by atoms with Gasteiger partial charge >= 0.3 is 0 Å². The molecule has 0 aliphatic rings. The molecule has 0 aliphatic heterocycles. The van der Waals surface area contributed by atoms with Crippen LogP contribution in [0.3, 0.4) is 0 Å². The van der Waals surface area contributed by atoms with Crippen LogP contribution in [0.25, 0.3) is 10.9 Å². The first-order chi connectivity index (χ1) is 10.4. The van der Waals surface area contributed by atoms with E-state index in [1.165, 1.54) is 16.5 Å². The topological polar surface area (TPSA) is 39.1 Å². The Kier molecular flexibility index (Phi) is 4.17. The average Bonchev–Trinajstić information content (AvgIpc) is 2.95. The summed E-state index contributed by atoms with van der Waals surface area (Å²) in [4.78, 5) is 4.11. The number of pyridine rings is 1. The van der Waals surface area contributed by atoms with Crippen molar-refractivity contribution in [2.45, 2.75) is 13.1 Å². The van der Waals surface area contributed by atoms with Crippen molar-refractivity contribution in [3.8, 4) is 5.75 Å². The Balaban J connectivity index is 1.58. The summed E-state index contributed by atoms with van der Waals surface area (Å²) in [5.74, 6) is 0.898. The standard InChI is InChI=1S/C17H19N3O/c1-21-16-4-5-17-15(11-16)6-9-20(17)10-8-19-13-14-3-2-7-18-12-14/h2-7,9,11-12,19H,8,10,13H2,1H3.